The molecule has 0 aromatic heterocycles. The van der Waals surface area contributed by atoms with E-state index in [4.69, 9.17) is 4.74 Å². The Kier molecular flexibility index (Phi) is 3.78. The summed E-state index contributed by atoms with van der Waals surface area (Å²) in [5.74, 6) is -0.0530. The van der Waals surface area contributed by atoms with Crippen molar-refractivity contribution in [2.24, 2.45) is 5.41 Å². The fourth-order valence-corrected chi connectivity index (χ4v) is 3.31. The van der Waals surface area contributed by atoms with Crippen molar-refractivity contribution in [3.8, 4) is 0 Å². The fourth-order valence-electron chi connectivity index (χ4n) is 3.31. The summed E-state index contributed by atoms with van der Waals surface area (Å²) in [6.07, 6.45) is 2.28. The summed E-state index contributed by atoms with van der Waals surface area (Å²) in [5, 5.41) is 0. The Bertz CT molecular complexity index is 562. The molecule has 0 radical (unpaired) electrons. The molecule has 0 N–H and O–H groups in total. The molecule has 1 saturated heterocycles. The van der Waals surface area contributed by atoms with Crippen LogP contribution in [0.3, 0.4) is 0 Å². The molecule has 108 valence electrons. The van der Waals surface area contributed by atoms with Crippen LogP contribution in [0.2, 0.25) is 0 Å². The van der Waals surface area contributed by atoms with Crippen molar-refractivity contribution < 1.29 is 9.53 Å². The molecule has 0 aliphatic carbocycles. The lowest BCUT2D eigenvalue weighted by Crippen LogP contribution is -2.31. The van der Waals surface area contributed by atoms with Gasteiger partial charge in [-0.3, -0.25) is 4.79 Å². The fraction of sp³-hybridized carbons (Fsp3) is 0.316. The van der Waals surface area contributed by atoms with Crippen molar-refractivity contribution in [3.63, 3.8) is 0 Å². The molecule has 0 saturated carbocycles. The first kappa shape index (κ1) is 13.9. The Morgan fingerprint density at radius 1 is 0.952 bits per heavy atom. The molecule has 1 atom stereocenters. The van der Waals surface area contributed by atoms with Gasteiger partial charge in [-0.15, -0.1) is 0 Å². The summed E-state index contributed by atoms with van der Waals surface area (Å²) < 4.78 is 5.48. The minimum absolute atomic E-state index is 0.00456. The SMILES string of the molecule is CC1CC(Cc2ccccc2)(Cc2ccccc2)C(=O)O1. The molecule has 1 aliphatic heterocycles. The highest BCUT2D eigenvalue weighted by atomic mass is 16.6. The molecule has 3 rings (SSSR count). The third-order valence-electron chi connectivity index (χ3n) is 4.19. The number of cyclic esters (lactones) is 1. The molecule has 2 aromatic rings. The van der Waals surface area contributed by atoms with Gasteiger partial charge < -0.3 is 4.74 Å². The second-order valence-corrected chi connectivity index (χ2v) is 6.03. The number of ether oxygens (including phenoxy) is 1. The maximum Gasteiger partial charge on any atom is 0.313 e. The highest BCUT2D eigenvalue weighted by molar-refractivity contribution is 5.80. The van der Waals surface area contributed by atoms with Gasteiger partial charge in [0.1, 0.15) is 6.10 Å². The van der Waals surface area contributed by atoms with Gasteiger partial charge in [-0.05, 0) is 30.9 Å². The predicted molar refractivity (Wildman–Crippen MR) is 82.9 cm³/mol. The Hall–Kier alpha value is -2.09. The van der Waals surface area contributed by atoms with Crippen molar-refractivity contribution in [2.45, 2.75) is 32.3 Å². The van der Waals surface area contributed by atoms with Crippen molar-refractivity contribution in [2.75, 3.05) is 0 Å². The van der Waals surface area contributed by atoms with E-state index < -0.39 is 5.41 Å². The van der Waals surface area contributed by atoms with E-state index in [1.165, 1.54) is 11.1 Å². The number of esters is 1. The Morgan fingerprint density at radius 3 is 1.81 bits per heavy atom. The van der Waals surface area contributed by atoms with E-state index in [1.807, 2.05) is 43.3 Å². The van der Waals surface area contributed by atoms with Crippen LogP contribution in [0, 0.1) is 5.41 Å². The predicted octanol–water partition coefficient (Wildman–Crippen LogP) is 3.79. The van der Waals surface area contributed by atoms with Gasteiger partial charge >= 0.3 is 5.97 Å². The van der Waals surface area contributed by atoms with Crippen LogP contribution in [0.25, 0.3) is 0 Å². The van der Waals surface area contributed by atoms with E-state index in [1.54, 1.807) is 0 Å². The quantitative estimate of drug-likeness (QED) is 0.796. The van der Waals surface area contributed by atoms with Crippen LogP contribution in [0.5, 0.6) is 0 Å². The van der Waals surface area contributed by atoms with Gasteiger partial charge in [-0.25, -0.2) is 0 Å². The number of carbonyl (C=O) groups is 1. The van der Waals surface area contributed by atoms with Crippen LogP contribution in [0.4, 0.5) is 0 Å². The maximum absolute atomic E-state index is 12.5. The number of rotatable bonds is 4. The molecule has 1 fully saturated rings. The van der Waals surface area contributed by atoms with E-state index in [-0.39, 0.29) is 12.1 Å². The summed E-state index contributed by atoms with van der Waals surface area (Å²) in [7, 11) is 0. The first-order valence-corrected chi connectivity index (χ1v) is 7.47. The van der Waals surface area contributed by atoms with Crippen LogP contribution in [-0.4, -0.2) is 12.1 Å². The normalized spacial score (nSPS) is 20.2. The van der Waals surface area contributed by atoms with Crippen LogP contribution < -0.4 is 0 Å². The summed E-state index contributed by atoms with van der Waals surface area (Å²) in [4.78, 5) is 12.5. The standard InChI is InChI=1S/C19H20O2/c1-15-12-19(18(20)21-15,13-16-8-4-2-5-9-16)14-17-10-6-3-7-11-17/h2-11,15H,12-14H2,1H3. The Morgan fingerprint density at radius 2 is 1.43 bits per heavy atom. The Balaban J connectivity index is 1.90. The molecule has 2 nitrogen and oxygen atoms in total. The number of hydrogen-bond donors (Lipinski definition) is 0. The third kappa shape index (κ3) is 2.99. The van der Waals surface area contributed by atoms with Gasteiger partial charge in [0.2, 0.25) is 0 Å². The first-order valence-electron chi connectivity index (χ1n) is 7.47. The summed E-state index contributed by atoms with van der Waals surface area (Å²) >= 11 is 0. The number of benzene rings is 2. The molecule has 1 aliphatic rings. The van der Waals surface area contributed by atoms with Crippen molar-refractivity contribution >= 4 is 5.97 Å². The second-order valence-electron chi connectivity index (χ2n) is 6.03. The largest absolute Gasteiger partial charge is 0.462 e. The average Bonchev–Trinajstić information content (AvgIpc) is 2.75. The summed E-state index contributed by atoms with van der Waals surface area (Å²) in [6.45, 7) is 1.98. The molecular weight excluding hydrogens is 260 g/mol. The van der Waals surface area contributed by atoms with Crippen LogP contribution >= 0.6 is 0 Å². The van der Waals surface area contributed by atoms with Gasteiger partial charge in [0.15, 0.2) is 0 Å². The molecule has 21 heavy (non-hydrogen) atoms. The second kappa shape index (κ2) is 5.72. The minimum Gasteiger partial charge on any atom is -0.462 e. The molecule has 0 spiro atoms. The average molecular weight is 280 g/mol. The van der Waals surface area contributed by atoms with Gasteiger partial charge in [-0.1, -0.05) is 60.7 Å². The topological polar surface area (TPSA) is 26.3 Å². The summed E-state index contributed by atoms with van der Waals surface area (Å²) in [5.41, 5.74) is 1.96. The Labute approximate surface area is 125 Å². The zero-order valence-electron chi connectivity index (χ0n) is 12.3. The van der Waals surface area contributed by atoms with Crippen molar-refractivity contribution in [3.05, 3.63) is 71.8 Å². The van der Waals surface area contributed by atoms with Crippen molar-refractivity contribution in [1.82, 2.24) is 0 Å². The molecule has 1 unspecified atom stereocenters. The number of hydrogen-bond acceptors (Lipinski definition) is 2. The van der Waals surface area contributed by atoms with Gasteiger partial charge in [0, 0.05) is 6.42 Å². The van der Waals surface area contributed by atoms with Crippen molar-refractivity contribution in [1.29, 1.82) is 0 Å². The first-order chi connectivity index (χ1) is 10.2. The van der Waals surface area contributed by atoms with Crippen LogP contribution in [0.1, 0.15) is 24.5 Å². The van der Waals surface area contributed by atoms with E-state index in [2.05, 4.69) is 24.3 Å². The third-order valence-corrected chi connectivity index (χ3v) is 4.19. The zero-order chi connectivity index (χ0) is 14.7. The zero-order valence-corrected chi connectivity index (χ0v) is 12.3. The highest BCUT2D eigenvalue weighted by Crippen LogP contribution is 2.40. The molecule has 0 bridgehead atoms. The van der Waals surface area contributed by atoms with E-state index in [9.17, 15) is 4.79 Å². The molecule has 2 aromatic carbocycles. The van der Waals surface area contributed by atoms with Gasteiger partial charge in [0.25, 0.3) is 0 Å². The molecular formula is C19H20O2. The lowest BCUT2D eigenvalue weighted by Gasteiger charge is -2.25. The van der Waals surface area contributed by atoms with E-state index in [0.717, 1.165) is 19.3 Å². The molecule has 1 heterocycles. The van der Waals surface area contributed by atoms with Gasteiger partial charge in [0.05, 0.1) is 5.41 Å². The molecule has 2 heteroatoms. The highest BCUT2D eigenvalue weighted by Gasteiger charge is 2.47. The van der Waals surface area contributed by atoms with Crippen LogP contribution in [0.15, 0.2) is 60.7 Å². The van der Waals surface area contributed by atoms with Gasteiger partial charge in [-0.2, -0.15) is 0 Å². The number of carbonyl (C=O) groups excluding carboxylic acids is 1. The maximum atomic E-state index is 12.5. The smallest absolute Gasteiger partial charge is 0.313 e. The summed E-state index contributed by atoms with van der Waals surface area (Å²) in [6, 6.07) is 20.4. The van der Waals surface area contributed by atoms with E-state index >= 15 is 0 Å². The molecule has 0 amide bonds. The monoisotopic (exact) mass is 280 g/mol. The lowest BCUT2D eigenvalue weighted by atomic mass is 9.74. The minimum atomic E-state index is -0.428. The van der Waals surface area contributed by atoms with Crippen LogP contribution in [-0.2, 0) is 22.4 Å². The lowest BCUT2D eigenvalue weighted by molar-refractivity contribution is -0.148. The van der Waals surface area contributed by atoms with E-state index in [0.29, 0.717) is 0 Å².